The number of piperidine rings is 1. The Bertz CT molecular complexity index is 403. The van der Waals surface area contributed by atoms with Crippen LogP contribution in [0.5, 0.6) is 0 Å². The molecule has 19 heavy (non-hydrogen) atoms. The first-order valence-corrected chi connectivity index (χ1v) is 7.15. The van der Waals surface area contributed by atoms with Crippen LogP contribution in [0, 0.1) is 5.41 Å². The maximum Gasteiger partial charge on any atom is 0.410 e. The average Bonchev–Trinajstić information content (AvgIpc) is 2.27. The van der Waals surface area contributed by atoms with E-state index in [0.29, 0.717) is 19.5 Å². The average molecular weight is 288 g/mol. The second kappa shape index (κ2) is 4.37. The van der Waals surface area contributed by atoms with Gasteiger partial charge >= 0.3 is 6.09 Å². The summed E-state index contributed by atoms with van der Waals surface area (Å²) in [5.41, 5.74) is -0.593. The number of halogens is 1. The molecule has 1 saturated carbocycles. The lowest BCUT2D eigenvalue weighted by Gasteiger charge is -2.56. The van der Waals surface area contributed by atoms with E-state index in [1.165, 1.54) is 0 Å². The van der Waals surface area contributed by atoms with Crippen molar-refractivity contribution in [2.24, 2.45) is 5.41 Å². The van der Waals surface area contributed by atoms with Gasteiger partial charge in [0, 0.05) is 24.9 Å². The Morgan fingerprint density at radius 3 is 2.21 bits per heavy atom. The molecule has 1 aliphatic heterocycles. The lowest BCUT2D eigenvalue weighted by atomic mass is 9.55. The number of hydrogen-bond acceptors (Lipinski definition) is 3. The molecular formula is C14H22ClNO3. The third-order valence-corrected chi connectivity index (χ3v) is 5.00. The summed E-state index contributed by atoms with van der Waals surface area (Å²) in [5.74, 6) is 0.125. The van der Waals surface area contributed by atoms with Gasteiger partial charge in [-0.25, -0.2) is 4.79 Å². The predicted molar refractivity (Wildman–Crippen MR) is 73.4 cm³/mol. The number of carbonyl (C=O) groups excluding carboxylic acids is 2. The van der Waals surface area contributed by atoms with E-state index in [-0.39, 0.29) is 17.3 Å². The number of ketones is 1. The summed E-state index contributed by atoms with van der Waals surface area (Å²) < 4.78 is 5.36. The molecule has 0 aromatic carbocycles. The van der Waals surface area contributed by atoms with Crippen LogP contribution >= 0.6 is 11.6 Å². The Balaban J connectivity index is 1.94. The molecule has 1 heterocycles. The molecule has 1 spiro atoms. The van der Waals surface area contributed by atoms with Gasteiger partial charge in [0.25, 0.3) is 0 Å². The van der Waals surface area contributed by atoms with Gasteiger partial charge in [-0.1, -0.05) is 0 Å². The lowest BCUT2D eigenvalue weighted by molar-refractivity contribution is -0.142. The summed E-state index contributed by atoms with van der Waals surface area (Å²) >= 11 is 6.34. The van der Waals surface area contributed by atoms with Crippen LogP contribution < -0.4 is 0 Å². The van der Waals surface area contributed by atoms with Gasteiger partial charge in [-0.2, -0.15) is 0 Å². The van der Waals surface area contributed by atoms with Crippen LogP contribution in [0.15, 0.2) is 0 Å². The van der Waals surface area contributed by atoms with E-state index < -0.39 is 10.5 Å². The van der Waals surface area contributed by atoms with Gasteiger partial charge in [-0.05, 0) is 40.5 Å². The van der Waals surface area contributed by atoms with Crippen molar-refractivity contribution < 1.29 is 14.3 Å². The van der Waals surface area contributed by atoms with Gasteiger partial charge in [0.2, 0.25) is 0 Å². The molecule has 1 saturated heterocycles. The van der Waals surface area contributed by atoms with Crippen molar-refractivity contribution in [1.82, 2.24) is 4.90 Å². The van der Waals surface area contributed by atoms with Crippen molar-refractivity contribution in [3.63, 3.8) is 0 Å². The van der Waals surface area contributed by atoms with Crippen LogP contribution in [0.4, 0.5) is 4.79 Å². The van der Waals surface area contributed by atoms with Crippen molar-refractivity contribution in [3.8, 4) is 0 Å². The highest BCUT2D eigenvalue weighted by Gasteiger charge is 2.62. The van der Waals surface area contributed by atoms with Crippen molar-refractivity contribution in [3.05, 3.63) is 0 Å². The monoisotopic (exact) mass is 287 g/mol. The van der Waals surface area contributed by atoms with Crippen LogP contribution in [0.3, 0.4) is 0 Å². The molecule has 1 amide bonds. The van der Waals surface area contributed by atoms with E-state index >= 15 is 0 Å². The molecule has 1 unspecified atom stereocenters. The molecule has 2 aliphatic rings. The van der Waals surface area contributed by atoms with E-state index in [2.05, 4.69) is 0 Å². The number of ether oxygens (including phenoxy) is 1. The minimum Gasteiger partial charge on any atom is -0.444 e. The third-order valence-electron chi connectivity index (χ3n) is 4.39. The molecule has 1 aliphatic carbocycles. The van der Waals surface area contributed by atoms with Crippen molar-refractivity contribution in [2.75, 3.05) is 13.1 Å². The molecule has 108 valence electrons. The largest absolute Gasteiger partial charge is 0.444 e. The Labute approximate surface area is 119 Å². The third kappa shape index (κ3) is 2.47. The highest BCUT2D eigenvalue weighted by molar-refractivity contribution is 6.38. The first-order valence-electron chi connectivity index (χ1n) is 6.78. The normalized spacial score (nSPS) is 30.2. The minimum absolute atomic E-state index is 0.121. The number of likely N-dealkylation sites (tertiary alicyclic amines) is 1. The van der Waals surface area contributed by atoms with Gasteiger partial charge in [0.15, 0.2) is 5.78 Å². The maximum absolute atomic E-state index is 12.0. The molecule has 0 aromatic rings. The summed E-state index contributed by atoms with van der Waals surface area (Å²) in [7, 11) is 0. The van der Waals surface area contributed by atoms with Gasteiger partial charge in [0.1, 0.15) is 10.5 Å². The SMILES string of the molecule is CC(C)(C)OC(=O)N1CCC2(CC1)CC(=O)C2(C)Cl. The molecule has 1 atom stereocenters. The quantitative estimate of drug-likeness (QED) is 0.644. The lowest BCUT2D eigenvalue weighted by Crippen LogP contribution is -2.63. The Kier molecular flexibility index (Phi) is 3.37. The van der Waals surface area contributed by atoms with E-state index in [4.69, 9.17) is 16.3 Å². The number of nitrogens with zero attached hydrogens (tertiary/aromatic N) is 1. The van der Waals surface area contributed by atoms with Crippen molar-refractivity contribution in [2.45, 2.75) is 57.4 Å². The maximum atomic E-state index is 12.0. The highest BCUT2D eigenvalue weighted by Crippen LogP contribution is 2.57. The van der Waals surface area contributed by atoms with E-state index in [0.717, 1.165) is 12.8 Å². The van der Waals surface area contributed by atoms with Gasteiger partial charge in [-0.3, -0.25) is 4.79 Å². The fourth-order valence-electron chi connectivity index (χ4n) is 2.92. The smallest absolute Gasteiger partial charge is 0.410 e. The molecular weight excluding hydrogens is 266 g/mol. The molecule has 0 bridgehead atoms. The molecule has 0 radical (unpaired) electrons. The zero-order valence-corrected chi connectivity index (χ0v) is 12.8. The second-order valence-electron chi connectivity index (χ2n) is 6.85. The number of hydrogen-bond donors (Lipinski definition) is 0. The Morgan fingerprint density at radius 2 is 1.84 bits per heavy atom. The Hall–Kier alpha value is -0.770. The molecule has 2 rings (SSSR count). The Morgan fingerprint density at radius 1 is 1.32 bits per heavy atom. The number of rotatable bonds is 0. The molecule has 0 aromatic heterocycles. The summed E-state index contributed by atoms with van der Waals surface area (Å²) in [6.45, 7) is 8.61. The van der Waals surface area contributed by atoms with Gasteiger partial charge < -0.3 is 9.64 Å². The highest BCUT2D eigenvalue weighted by atomic mass is 35.5. The second-order valence-corrected chi connectivity index (χ2v) is 7.61. The van der Waals surface area contributed by atoms with Crippen LogP contribution in [0.1, 0.15) is 47.0 Å². The fraction of sp³-hybridized carbons (Fsp3) is 0.857. The minimum atomic E-state index is -0.743. The first-order chi connectivity index (χ1) is 8.57. The predicted octanol–water partition coefficient (Wildman–Crippen LogP) is 2.97. The van der Waals surface area contributed by atoms with Crippen LogP contribution in [-0.4, -0.2) is 40.3 Å². The first kappa shape index (κ1) is 14.6. The molecule has 0 N–H and O–H groups in total. The van der Waals surface area contributed by atoms with Crippen LogP contribution in [0.25, 0.3) is 0 Å². The summed E-state index contributed by atoms with van der Waals surface area (Å²) in [6.07, 6.45) is 1.83. The zero-order valence-electron chi connectivity index (χ0n) is 12.1. The number of amides is 1. The molecule has 4 nitrogen and oxygen atoms in total. The summed E-state index contributed by atoms with van der Waals surface area (Å²) in [5, 5.41) is 0. The van der Waals surface area contributed by atoms with Gasteiger partial charge in [0.05, 0.1) is 0 Å². The summed E-state index contributed by atoms with van der Waals surface area (Å²) in [4.78, 5) is 24.5. The fourth-order valence-corrected chi connectivity index (χ4v) is 3.24. The number of Topliss-reactive ketones (excluding diaryl/α,β-unsaturated/α-hetero) is 1. The van der Waals surface area contributed by atoms with E-state index in [1.54, 1.807) is 4.90 Å². The zero-order chi connectivity index (χ0) is 14.5. The van der Waals surface area contributed by atoms with E-state index in [1.807, 2.05) is 27.7 Å². The van der Waals surface area contributed by atoms with Crippen LogP contribution in [-0.2, 0) is 9.53 Å². The number of alkyl halides is 1. The number of carbonyl (C=O) groups is 2. The van der Waals surface area contributed by atoms with Crippen molar-refractivity contribution in [1.29, 1.82) is 0 Å². The topological polar surface area (TPSA) is 46.6 Å². The summed E-state index contributed by atoms with van der Waals surface area (Å²) in [6, 6.07) is 0. The van der Waals surface area contributed by atoms with Crippen molar-refractivity contribution >= 4 is 23.5 Å². The molecule has 2 fully saturated rings. The van der Waals surface area contributed by atoms with E-state index in [9.17, 15) is 9.59 Å². The molecule has 5 heteroatoms. The van der Waals surface area contributed by atoms with Crippen LogP contribution in [0.2, 0.25) is 0 Å². The van der Waals surface area contributed by atoms with Gasteiger partial charge in [-0.15, -0.1) is 11.6 Å². The standard InChI is InChI=1S/C14H22ClNO3/c1-12(2,3)19-11(18)16-7-5-14(6-8-16)9-10(17)13(14,4)15/h5-9H2,1-4H3.